The predicted molar refractivity (Wildman–Crippen MR) is 70.3 cm³/mol. The number of nitrogens with one attached hydrogen (secondary N) is 2. The highest BCUT2D eigenvalue weighted by atomic mass is 19.2. The Bertz CT molecular complexity index is 462. The molecule has 1 aromatic carbocycles. The Morgan fingerprint density at radius 1 is 1.45 bits per heavy atom. The van der Waals surface area contributed by atoms with Crippen molar-refractivity contribution in [2.75, 3.05) is 26.3 Å². The number of halogens is 2. The average molecular weight is 284 g/mol. The molecule has 1 amide bonds. The lowest BCUT2D eigenvalue weighted by Crippen LogP contribution is -2.44. The van der Waals surface area contributed by atoms with Gasteiger partial charge in [-0.1, -0.05) is 12.1 Å². The van der Waals surface area contributed by atoms with E-state index < -0.39 is 11.6 Å². The zero-order valence-corrected chi connectivity index (χ0v) is 11.1. The van der Waals surface area contributed by atoms with E-state index in [4.69, 9.17) is 4.74 Å². The van der Waals surface area contributed by atoms with Crippen LogP contribution in [0.2, 0.25) is 0 Å². The van der Waals surface area contributed by atoms with Gasteiger partial charge in [-0.25, -0.2) is 8.78 Å². The summed E-state index contributed by atoms with van der Waals surface area (Å²) >= 11 is 0. The molecule has 6 heteroatoms. The minimum atomic E-state index is -0.864. The summed E-state index contributed by atoms with van der Waals surface area (Å²) in [5.74, 6) is -1.83. The summed E-state index contributed by atoms with van der Waals surface area (Å²) in [5, 5.41) is 5.88. The Labute approximate surface area is 116 Å². The minimum absolute atomic E-state index is 0.0228. The number of rotatable bonds is 5. The van der Waals surface area contributed by atoms with Gasteiger partial charge in [-0.3, -0.25) is 4.79 Å². The van der Waals surface area contributed by atoms with Crippen molar-refractivity contribution in [3.05, 3.63) is 35.4 Å². The third-order valence-electron chi connectivity index (χ3n) is 3.18. The largest absolute Gasteiger partial charge is 0.378 e. The molecule has 1 atom stereocenters. The second kappa shape index (κ2) is 7.31. The molecule has 1 fully saturated rings. The van der Waals surface area contributed by atoms with Crippen LogP contribution < -0.4 is 10.6 Å². The summed E-state index contributed by atoms with van der Waals surface area (Å²) in [6.45, 7) is 2.21. The first kappa shape index (κ1) is 14.9. The van der Waals surface area contributed by atoms with E-state index in [1.54, 1.807) is 0 Å². The van der Waals surface area contributed by atoms with Crippen LogP contribution in [0.25, 0.3) is 0 Å². The van der Waals surface area contributed by atoms with Crippen LogP contribution in [0, 0.1) is 11.6 Å². The van der Waals surface area contributed by atoms with Gasteiger partial charge < -0.3 is 15.4 Å². The highest BCUT2D eigenvalue weighted by molar-refractivity contribution is 5.76. The molecule has 0 bridgehead atoms. The second-order valence-electron chi connectivity index (χ2n) is 4.74. The standard InChI is InChI=1S/C14H18F2N2O2/c15-12-3-1-2-10(14(12)16)4-5-18-13(19)8-11-9-20-7-6-17-11/h1-3,11,17H,4-9H2,(H,18,19). The van der Waals surface area contributed by atoms with Crippen molar-refractivity contribution in [3.63, 3.8) is 0 Å². The van der Waals surface area contributed by atoms with Gasteiger partial charge in [-0.2, -0.15) is 0 Å². The summed E-state index contributed by atoms with van der Waals surface area (Å²) in [7, 11) is 0. The van der Waals surface area contributed by atoms with Gasteiger partial charge in [0, 0.05) is 25.6 Å². The molecular formula is C14H18F2N2O2. The maximum absolute atomic E-state index is 13.4. The topological polar surface area (TPSA) is 50.4 Å². The lowest BCUT2D eigenvalue weighted by atomic mass is 10.1. The van der Waals surface area contributed by atoms with E-state index in [1.165, 1.54) is 12.1 Å². The molecular weight excluding hydrogens is 266 g/mol. The van der Waals surface area contributed by atoms with E-state index >= 15 is 0 Å². The quantitative estimate of drug-likeness (QED) is 0.848. The van der Waals surface area contributed by atoms with E-state index in [1.807, 2.05) is 0 Å². The average Bonchev–Trinajstić information content (AvgIpc) is 2.44. The van der Waals surface area contributed by atoms with E-state index in [2.05, 4.69) is 10.6 Å². The van der Waals surface area contributed by atoms with Gasteiger partial charge in [0.15, 0.2) is 11.6 Å². The predicted octanol–water partition coefficient (Wildman–Crippen LogP) is 1.00. The first-order valence-electron chi connectivity index (χ1n) is 6.67. The molecule has 20 heavy (non-hydrogen) atoms. The highest BCUT2D eigenvalue weighted by Crippen LogP contribution is 2.11. The molecule has 4 nitrogen and oxygen atoms in total. The molecule has 110 valence electrons. The van der Waals surface area contributed by atoms with Gasteiger partial charge in [-0.05, 0) is 18.1 Å². The molecule has 0 radical (unpaired) electrons. The summed E-state index contributed by atoms with van der Waals surface area (Å²) in [4.78, 5) is 11.7. The smallest absolute Gasteiger partial charge is 0.221 e. The molecule has 0 saturated carbocycles. The van der Waals surface area contributed by atoms with Gasteiger partial charge in [0.05, 0.1) is 13.2 Å². The number of amides is 1. The fourth-order valence-electron chi connectivity index (χ4n) is 2.12. The van der Waals surface area contributed by atoms with Gasteiger partial charge >= 0.3 is 0 Å². The van der Waals surface area contributed by atoms with Crippen molar-refractivity contribution in [1.82, 2.24) is 10.6 Å². The Morgan fingerprint density at radius 3 is 3.05 bits per heavy atom. The highest BCUT2D eigenvalue weighted by Gasteiger charge is 2.16. The number of hydrogen-bond acceptors (Lipinski definition) is 3. The molecule has 2 N–H and O–H groups in total. The van der Waals surface area contributed by atoms with Crippen molar-refractivity contribution in [3.8, 4) is 0 Å². The second-order valence-corrected chi connectivity index (χ2v) is 4.74. The van der Waals surface area contributed by atoms with Crippen LogP contribution in [0.5, 0.6) is 0 Å². The van der Waals surface area contributed by atoms with Gasteiger partial charge in [0.2, 0.25) is 5.91 Å². The zero-order valence-electron chi connectivity index (χ0n) is 11.1. The van der Waals surface area contributed by atoms with Crippen LogP contribution in [0.1, 0.15) is 12.0 Å². The molecule has 1 aliphatic rings. The normalized spacial score (nSPS) is 18.8. The van der Waals surface area contributed by atoms with Gasteiger partial charge in [0.1, 0.15) is 0 Å². The van der Waals surface area contributed by atoms with Crippen molar-refractivity contribution < 1.29 is 18.3 Å². The van der Waals surface area contributed by atoms with Crippen LogP contribution in [0.3, 0.4) is 0 Å². The molecule has 0 aliphatic carbocycles. The maximum atomic E-state index is 13.4. The molecule has 1 saturated heterocycles. The summed E-state index contributed by atoms with van der Waals surface area (Å²) in [6.07, 6.45) is 0.593. The third kappa shape index (κ3) is 4.25. The molecule has 1 unspecified atom stereocenters. The van der Waals surface area contributed by atoms with Crippen LogP contribution in [-0.2, 0) is 16.0 Å². The summed E-state index contributed by atoms with van der Waals surface area (Å²) in [6, 6.07) is 4.07. The lowest BCUT2D eigenvalue weighted by Gasteiger charge is -2.23. The van der Waals surface area contributed by atoms with Gasteiger partial charge in [-0.15, -0.1) is 0 Å². The Hall–Kier alpha value is -1.53. The Morgan fingerprint density at radius 2 is 2.30 bits per heavy atom. The number of benzene rings is 1. The fraction of sp³-hybridized carbons (Fsp3) is 0.500. The van der Waals surface area contributed by atoms with E-state index in [9.17, 15) is 13.6 Å². The molecule has 1 aliphatic heterocycles. The number of hydrogen-bond donors (Lipinski definition) is 2. The SMILES string of the molecule is O=C(CC1COCCN1)NCCc1cccc(F)c1F. The Balaban J connectivity index is 1.72. The van der Waals surface area contributed by atoms with Crippen molar-refractivity contribution in [1.29, 1.82) is 0 Å². The first-order chi connectivity index (χ1) is 9.66. The number of ether oxygens (including phenoxy) is 1. The first-order valence-corrected chi connectivity index (χ1v) is 6.67. The summed E-state index contributed by atoms with van der Waals surface area (Å²) < 4.78 is 31.6. The molecule has 0 spiro atoms. The zero-order chi connectivity index (χ0) is 14.4. The van der Waals surface area contributed by atoms with Gasteiger partial charge in [0.25, 0.3) is 0 Å². The Kier molecular flexibility index (Phi) is 5.43. The maximum Gasteiger partial charge on any atom is 0.221 e. The van der Waals surface area contributed by atoms with E-state index in [0.717, 1.165) is 12.6 Å². The molecule has 2 rings (SSSR count). The van der Waals surface area contributed by atoms with Crippen LogP contribution in [-0.4, -0.2) is 38.3 Å². The minimum Gasteiger partial charge on any atom is -0.378 e. The van der Waals surface area contributed by atoms with E-state index in [-0.39, 0.29) is 30.5 Å². The van der Waals surface area contributed by atoms with Crippen LogP contribution in [0.4, 0.5) is 8.78 Å². The fourth-order valence-corrected chi connectivity index (χ4v) is 2.12. The monoisotopic (exact) mass is 284 g/mol. The molecule has 0 aromatic heterocycles. The third-order valence-corrected chi connectivity index (χ3v) is 3.18. The lowest BCUT2D eigenvalue weighted by molar-refractivity contribution is -0.122. The van der Waals surface area contributed by atoms with Crippen LogP contribution >= 0.6 is 0 Å². The van der Waals surface area contributed by atoms with Crippen molar-refractivity contribution >= 4 is 5.91 Å². The summed E-state index contributed by atoms with van der Waals surface area (Å²) in [5.41, 5.74) is 0.268. The van der Waals surface area contributed by atoms with E-state index in [0.29, 0.717) is 19.6 Å². The number of carbonyl (C=O) groups is 1. The molecule has 1 aromatic rings. The number of morpholine rings is 1. The van der Waals surface area contributed by atoms with Crippen molar-refractivity contribution in [2.45, 2.75) is 18.9 Å². The van der Waals surface area contributed by atoms with Crippen molar-refractivity contribution in [2.24, 2.45) is 0 Å². The number of carbonyl (C=O) groups excluding carboxylic acids is 1. The van der Waals surface area contributed by atoms with Crippen LogP contribution in [0.15, 0.2) is 18.2 Å². The molecule has 1 heterocycles.